The van der Waals surface area contributed by atoms with Gasteiger partial charge in [-0.2, -0.15) is 0 Å². The Labute approximate surface area is 141 Å². The first kappa shape index (κ1) is 16.6. The molecule has 0 aliphatic heterocycles. The number of hydrogen-bond acceptors (Lipinski definition) is 4. The lowest BCUT2D eigenvalue weighted by molar-refractivity contribution is -0.122. The average Bonchev–Trinajstić information content (AvgIpc) is 2.63. The van der Waals surface area contributed by atoms with E-state index in [1.165, 1.54) is 30.2 Å². The molecule has 0 radical (unpaired) electrons. The minimum atomic E-state index is -0.197. The van der Waals surface area contributed by atoms with Gasteiger partial charge >= 0.3 is 0 Å². The number of carbonyl (C=O) groups is 1. The van der Waals surface area contributed by atoms with Crippen molar-refractivity contribution in [3.63, 3.8) is 0 Å². The molecule has 1 aromatic carbocycles. The van der Waals surface area contributed by atoms with Gasteiger partial charge < -0.3 is 11.1 Å². The van der Waals surface area contributed by atoms with Crippen molar-refractivity contribution in [3.05, 3.63) is 40.9 Å². The number of rotatable bonds is 5. The van der Waals surface area contributed by atoms with Gasteiger partial charge in [0.25, 0.3) is 5.56 Å². The molecule has 1 heterocycles. The van der Waals surface area contributed by atoms with Crippen molar-refractivity contribution >= 4 is 16.8 Å². The topological polar surface area (TPSA) is 90.0 Å². The number of benzene rings is 1. The molecule has 0 spiro atoms. The molecule has 0 saturated heterocycles. The van der Waals surface area contributed by atoms with Crippen molar-refractivity contribution in [2.75, 3.05) is 6.54 Å². The maximum Gasteiger partial charge on any atom is 0.261 e. The Kier molecular flexibility index (Phi) is 5.25. The first-order chi connectivity index (χ1) is 11.7. The van der Waals surface area contributed by atoms with Crippen molar-refractivity contribution in [3.8, 4) is 0 Å². The summed E-state index contributed by atoms with van der Waals surface area (Å²) in [5, 5.41) is 3.53. The number of para-hydroxylation sites is 1. The Morgan fingerprint density at radius 3 is 2.79 bits per heavy atom. The lowest BCUT2D eigenvalue weighted by Gasteiger charge is -2.30. The van der Waals surface area contributed by atoms with Crippen molar-refractivity contribution in [2.45, 2.75) is 44.7 Å². The zero-order valence-corrected chi connectivity index (χ0v) is 13.8. The summed E-state index contributed by atoms with van der Waals surface area (Å²) < 4.78 is 1.35. The average molecular weight is 328 g/mol. The van der Waals surface area contributed by atoms with E-state index in [0.29, 0.717) is 23.4 Å². The fraction of sp³-hybridized carbons (Fsp3) is 0.500. The van der Waals surface area contributed by atoms with Crippen LogP contribution in [-0.4, -0.2) is 28.0 Å². The summed E-state index contributed by atoms with van der Waals surface area (Å²) in [4.78, 5) is 29.0. The molecule has 6 nitrogen and oxygen atoms in total. The van der Waals surface area contributed by atoms with Crippen molar-refractivity contribution in [1.29, 1.82) is 0 Å². The van der Waals surface area contributed by atoms with Crippen LogP contribution in [0.25, 0.3) is 10.9 Å². The van der Waals surface area contributed by atoms with Gasteiger partial charge in [-0.1, -0.05) is 31.4 Å². The maximum absolute atomic E-state index is 12.4. The Balaban J connectivity index is 1.70. The molecule has 1 amide bonds. The van der Waals surface area contributed by atoms with Crippen LogP contribution in [0.2, 0.25) is 0 Å². The molecule has 3 rings (SSSR count). The largest absolute Gasteiger partial charge is 0.350 e. The summed E-state index contributed by atoms with van der Waals surface area (Å²) in [7, 11) is 0. The summed E-state index contributed by atoms with van der Waals surface area (Å²) in [6.07, 6.45) is 7.32. The Morgan fingerprint density at radius 2 is 2.04 bits per heavy atom. The van der Waals surface area contributed by atoms with E-state index in [1.54, 1.807) is 18.2 Å². The number of amides is 1. The fourth-order valence-corrected chi connectivity index (χ4v) is 3.53. The smallest absolute Gasteiger partial charge is 0.261 e. The normalized spacial score (nSPS) is 16.9. The summed E-state index contributed by atoms with van der Waals surface area (Å²) >= 11 is 0. The van der Waals surface area contributed by atoms with Gasteiger partial charge in [0.05, 0.1) is 17.2 Å². The Bertz CT molecular complexity index is 765. The molecule has 0 bridgehead atoms. The number of nitrogens with zero attached hydrogens (tertiary/aromatic N) is 2. The van der Waals surface area contributed by atoms with Gasteiger partial charge in [0.2, 0.25) is 5.91 Å². The lowest BCUT2D eigenvalue weighted by atomic mass is 9.84. The first-order valence-corrected chi connectivity index (χ1v) is 8.62. The van der Waals surface area contributed by atoms with E-state index in [-0.39, 0.29) is 24.1 Å². The summed E-state index contributed by atoms with van der Waals surface area (Å²) in [5.41, 5.74) is 6.30. The molecule has 3 N–H and O–H groups in total. The highest BCUT2D eigenvalue weighted by Crippen LogP contribution is 2.26. The SMILES string of the molecule is NCC(NC(=O)Cn1cnc2ccccc2c1=O)C1CCCCC1. The number of hydrogen-bond donors (Lipinski definition) is 2. The van der Waals surface area contributed by atoms with Gasteiger partial charge in [-0.15, -0.1) is 0 Å². The van der Waals surface area contributed by atoms with E-state index in [2.05, 4.69) is 10.3 Å². The second kappa shape index (κ2) is 7.57. The predicted octanol–water partition coefficient (Wildman–Crippen LogP) is 1.42. The lowest BCUT2D eigenvalue weighted by Crippen LogP contribution is -2.47. The van der Waals surface area contributed by atoms with Crippen LogP contribution in [-0.2, 0) is 11.3 Å². The molecule has 1 unspecified atom stereocenters. The van der Waals surface area contributed by atoms with Crippen LogP contribution in [0.4, 0.5) is 0 Å². The summed E-state index contributed by atoms with van der Waals surface area (Å²) in [5.74, 6) is 0.259. The third kappa shape index (κ3) is 3.64. The van der Waals surface area contributed by atoms with Crippen LogP contribution >= 0.6 is 0 Å². The molecular formula is C18H24N4O2. The number of carbonyl (C=O) groups excluding carboxylic acids is 1. The summed E-state index contributed by atoms with van der Waals surface area (Å²) in [6.45, 7) is 0.404. The van der Waals surface area contributed by atoms with Crippen molar-refractivity contribution < 1.29 is 4.79 Å². The van der Waals surface area contributed by atoms with Crippen LogP contribution in [0.15, 0.2) is 35.4 Å². The van der Waals surface area contributed by atoms with Crippen LogP contribution in [0, 0.1) is 5.92 Å². The van der Waals surface area contributed by atoms with Gasteiger partial charge in [-0.3, -0.25) is 14.2 Å². The first-order valence-electron chi connectivity index (χ1n) is 8.62. The second-order valence-electron chi connectivity index (χ2n) is 6.50. The Morgan fingerprint density at radius 1 is 1.29 bits per heavy atom. The van der Waals surface area contributed by atoms with Gasteiger partial charge in [0.15, 0.2) is 0 Å². The maximum atomic E-state index is 12.4. The molecule has 1 aliphatic carbocycles. The molecule has 2 aromatic rings. The number of nitrogens with one attached hydrogen (secondary N) is 1. The van der Waals surface area contributed by atoms with E-state index in [9.17, 15) is 9.59 Å². The van der Waals surface area contributed by atoms with Gasteiger partial charge in [0, 0.05) is 12.6 Å². The van der Waals surface area contributed by atoms with Gasteiger partial charge in [-0.25, -0.2) is 4.98 Å². The zero-order chi connectivity index (χ0) is 16.9. The van der Waals surface area contributed by atoms with Crippen LogP contribution < -0.4 is 16.6 Å². The minimum Gasteiger partial charge on any atom is -0.350 e. The van der Waals surface area contributed by atoms with Crippen LogP contribution in [0.5, 0.6) is 0 Å². The molecule has 1 fully saturated rings. The molecular weight excluding hydrogens is 304 g/mol. The van der Waals surface area contributed by atoms with Gasteiger partial charge in [-0.05, 0) is 30.9 Å². The van der Waals surface area contributed by atoms with Crippen molar-refractivity contribution in [2.24, 2.45) is 11.7 Å². The predicted molar refractivity (Wildman–Crippen MR) is 93.6 cm³/mol. The van der Waals surface area contributed by atoms with E-state index < -0.39 is 0 Å². The van der Waals surface area contributed by atoms with E-state index in [1.807, 2.05) is 6.07 Å². The molecule has 1 aliphatic rings. The van der Waals surface area contributed by atoms with Crippen LogP contribution in [0.1, 0.15) is 32.1 Å². The number of nitrogens with two attached hydrogens (primary N) is 1. The zero-order valence-electron chi connectivity index (χ0n) is 13.8. The highest BCUT2D eigenvalue weighted by atomic mass is 16.2. The molecule has 1 atom stereocenters. The van der Waals surface area contributed by atoms with E-state index >= 15 is 0 Å². The van der Waals surface area contributed by atoms with Crippen molar-refractivity contribution in [1.82, 2.24) is 14.9 Å². The molecule has 128 valence electrons. The van der Waals surface area contributed by atoms with E-state index in [0.717, 1.165) is 12.8 Å². The summed E-state index contributed by atoms with van der Waals surface area (Å²) in [6, 6.07) is 7.13. The third-order valence-corrected chi connectivity index (χ3v) is 4.86. The minimum absolute atomic E-state index is 0.0121. The van der Waals surface area contributed by atoms with E-state index in [4.69, 9.17) is 5.73 Å². The molecule has 6 heteroatoms. The molecule has 24 heavy (non-hydrogen) atoms. The highest BCUT2D eigenvalue weighted by Gasteiger charge is 2.24. The highest BCUT2D eigenvalue weighted by molar-refractivity contribution is 5.79. The Hall–Kier alpha value is -2.21. The molecule has 1 saturated carbocycles. The molecule has 1 aromatic heterocycles. The van der Waals surface area contributed by atoms with Gasteiger partial charge in [0.1, 0.15) is 6.54 Å². The monoisotopic (exact) mass is 328 g/mol. The number of aromatic nitrogens is 2. The standard InChI is InChI=1S/C18H24N4O2/c19-10-16(13-6-2-1-3-7-13)21-17(23)11-22-12-20-15-9-5-4-8-14(15)18(22)24/h4-5,8-9,12-13,16H,1-3,6-7,10-11,19H2,(H,21,23). The number of fused-ring (bicyclic) bond motifs is 1. The van der Waals surface area contributed by atoms with Crippen LogP contribution in [0.3, 0.4) is 0 Å². The quantitative estimate of drug-likeness (QED) is 0.868. The fourth-order valence-electron chi connectivity index (χ4n) is 3.53. The third-order valence-electron chi connectivity index (χ3n) is 4.86. The second-order valence-corrected chi connectivity index (χ2v) is 6.50.